The number of hydrogen-bond acceptors (Lipinski definition) is 6. The predicted octanol–water partition coefficient (Wildman–Crippen LogP) is 5.76. The van der Waals surface area contributed by atoms with Crippen molar-refractivity contribution in [3.8, 4) is 28.6 Å². The number of carbonyl (C=O) groups is 1. The summed E-state index contributed by atoms with van der Waals surface area (Å²) >= 11 is 0. The minimum absolute atomic E-state index is 0.114. The summed E-state index contributed by atoms with van der Waals surface area (Å²) in [4.78, 5) is 17.0. The van der Waals surface area contributed by atoms with Gasteiger partial charge in [0.05, 0.1) is 31.1 Å². The number of anilines is 1. The number of para-hydroxylation sites is 2. The Morgan fingerprint density at radius 1 is 1.13 bits per heavy atom. The van der Waals surface area contributed by atoms with Crippen molar-refractivity contribution in [3.05, 3.63) is 65.9 Å². The first-order chi connectivity index (χ1) is 18.2. The average molecular weight is 526 g/mol. The van der Waals surface area contributed by atoms with Gasteiger partial charge in [-0.1, -0.05) is 18.2 Å². The Kier molecular flexibility index (Phi) is 6.83. The molecule has 0 spiro atoms. The molecule has 1 saturated carbocycles. The fourth-order valence-corrected chi connectivity index (χ4v) is 4.05. The number of nitrogens with zero attached hydrogens (tertiary/aromatic N) is 3. The highest BCUT2D eigenvalue weighted by atomic mass is 19.4. The van der Waals surface area contributed by atoms with E-state index in [4.69, 9.17) is 9.47 Å². The molecule has 0 atom stereocenters. The van der Waals surface area contributed by atoms with Crippen molar-refractivity contribution < 1.29 is 27.4 Å². The third kappa shape index (κ3) is 5.66. The second-order valence-corrected chi connectivity index (χ2v) is 9.10. The SMILES string of the molecule is COc1ccccc1Oc1cc(NCCC(F)(F)F)c2ncc(-c3ccc(C(=O)NC4CC4)c(C)c3)n2n1. The van der Waals surface area contributed by atoms with Gasteiger partial charge in [0, 0.05) is 29.8 Å². The summed E-state index contributed by atoms with van der Waals surface area (Å²) in [6.45, 7) is 1.51. The zero-order chi connectivity index (χ0) is 26.9. The first-order valence-electron chi connectivity index (χ1n) is 12.1. The van der Waals surface area contributed by atoms with Gasteiger partial charge in [0.25, 0.3) is 5.91 Å². The number of imidazole rings is 1. The van der Waals surface area contributed by atoms with Crippen LogP contribution in [0.4, 0.5) is 18.9 Å². The number of aromatic nitrogens is 3. The Balaban J connectivity index is 1.52. The third-order valence-corrected chi connectivity index (χ3v) is 6.13. The van der Waals surface area contributed by atoms with E-state index in [0.717, 1.165) is 24.0 Å². The van der Waals surface area contributed by atoms with E-state index in [1.165, 1.54) is 17.7 Å². The van der Waals surface area contributed by atoms with Gasteiger partial charge in [0.2, 0.25) is 5.88 Å². The molecule has 1 fully saturated rings. The van der Waals surface area contributed by atoms with Crippen LogP contribution in [0.25, 0.3) is 16.9 Å². The zero-order valence-electron chi connectivity index (χ0n) is 20.8. The van der Waals surface area contributed by atoms with E-state index in [2.05, 4.69) is 20.7 Å². The van der Waals surface area contributed by atoms with E-state index in [1.54, 1.807) is 42.6 Å². The summed E-state index contributed by atoms with van der Waals surface area (Å²) in [7, 11) is 1.51. The first kappa shape index (κ1) is 25.4. The summed E-state index contributed by atoms with van der Waals surface area (Å²) in [6, 6.07) is 14.1. The number of rotatable bonds is 9. The Morgan fingerprint density at radius 3 is 2.58 bits per heavy atom. The van der Waals surface area contributed by atoms with Gasteiger partial charge in [-0.15, -0.1) is 5.10 Å². The van der Waals surface area contributed by atoms with Crippen LogP contribution in [-0.4, -0.2) is 46.4 Å². The summed E-state index contributed by atoms with van der Waals surface area (Å²) in [6.07, 6.45) is -1.74. The molecule has 2 N–H and O–H groups in total. The maximum absolute atomic E-state index is 12.8. The highest BCUT2D eigenvalue weighted by molar-refractivity contribution is 5.96. The molecule has 5 rings (SSSR count). The lowest BCUT2D eigenvalue weighted by Crippen LogP contribution is -2.26. The highest BCUT2D eigenvalue weighted by Gasteiger charge is 2.27. The Morgan fingerprint density at radius 2 is 1.89 bits per heavy atom. The van der Waals surface area contributed by atoms with Gasteiger partial charge < -0.3 is 20.1 Å². The van der Waals surface area contributed by atoms with Gasteiger partial charge in [-0.05, 0) is 49.6 Å². The number of halogens is 3. The number of alkyl halides is 3. The standard InChI is InChI=1S/C27H26F3N5O3/c1-16-13-17(7-10-19(16)26(36)33-18-8-9-18)21-15-32-25-20(31-12-11-27(28,29)30)14-24(34-35(21)25)38-23-6-4-3-5-22(23)37-2/h3-7,10,13-15,18,31H,8-9,11-12H2,1-2H3,(H,33,36). The van der Waals surface area contributed by atoms with Crippen LogP contribution in [0.3, 0.4) is 0 Å². The Labute approximate surface area is 216 Å². The molecule has 2 aromatic heterocycles. The molecule has 0 saturated heterocycles. The molecule has 11 heteroatoms. The minimum atomic E-state index is -4.31. The Bertz CT molecular complexity index is 1480. The van der Waals surface area contributed by atoms with Crippen molar-refractivity contribution in [2.45, 2.75) is 38.4 Å². The second-order valence-electron chi connectivity index (χ2n) is 9.10. The first-order valence-corrected chi connectivity index (χ1v) is 12.1. The molecular weight excluding hydrogens is 499 g/mol. The summed E-state index contributed by atoms with van der Waals surface area (Å²) in [5, 5.41) is 10.4. The summed E-state index contributed by atoms with van der Waals surface area (Å²) in [5.41, 5.74) is 3.35. The molecule has 4 aromatic rings. The zero-order valence-corrected chi connectivity index (χ0v) is 20.8. The largest absolute Gasteiger partial charge is 0.493 e. The average Bonchev–Trinajstić information content (AvgIpc) is 3.58. The smallest absolute Gasteiger partial charge is 0.390 e. The lowest BCUT2D eigenvalue weighted by atomic mass is 10.0. The number of amides is 1. The van der Waals surface area contributed by atoms with Crippen LogP contribution in [0.15, 0.2) is 54.7 Å². The van der Waals surface area contributed by atoms with Crippen LogP contribution < -0.4 is 20.1 Å². The summed E-state index contributed by atoms with van der Waals surface area (Å²) < 4.78 is 51.3. The van der Waals surface area contributed by atoms with E-state index in [9.17, 15) is 18.0 Å². The highest BCUT2D eigenvalue weighted by Crippen LogP contribution is 2.33. The molecule has 2 aromatic carbocycles. The predicted molar refractivity (Wildman–Crippen MR) is 136 cm³/mol. The van der Waals surface area contributed by atoms with Gasteiger partial charge in [-0.2, -0.15) is 13.2 Å². The van der Waals surface area contributed by atoms with Crippen LogP contribution in [0.2, 0.25) is 0 Å². The number of benzene rings is 2. The molecular formula is C27H26F3N5O3. The molecule has 0 unspecified atom stereocenters. The van der Waals surface area contributed by atoms with Gasteiger partial charge in [-0.3, -0.25) is 4.79 Å². The van der Waals surface area contributed by atoms with E-state index in [1.807, 2.05) is 13.0 Å². The van der Waals surface area contributed by atoms with Gasteiger partial charge in [-0.25, -0.2) is 9.50 Å². The van der Waals surface area contributed by atoms with Gasteiger partial charge in [0.1, 0.15) is 0 Å². The monoisotopic (exact) mass is 525 g/mol. The third-order valence-electron chi connectivity index (χ3n) is 6.13. The van der Waals surface area contributed by atoms with Gasteiger partial charge in [0.15, 0.2) is 17.1 Å². The van der Waals surface area contributed by atoms with Crippen molar-refractivity contribution in [2.24, 2.45) is 0 Å². The summed E-state index contributed by atoms with van der Waals surface area (Å²) in [5.74, 6) is 0.888. The molecule has 0 radical (unpaired) electrons. The quantitative estimate of drug-likeness (QED) is 0.289. The lowest BCUT2D eigenvalue weighted by Gasteiger charge is -2.14. The van der Waals surface area contributed by atoms with Crippen molar-refractivity contribution >= 4 is 17.2 Å². The number of aryl methyl sites for hydroxylation is 1. The van der Waals surface area contributed by atoms with E-state index in [0.29, 0.717) is 34.1 Å². The lowest BCUT2D eigenvalue weighted by molar-refractivity contribution is -0.131. The molecule has 198 valence electrons. The van der Waals surface area contributed by atoms with Crippen LogP contribution in [-0.2, 0) is 0 Å². The van der Waals surface area contributed by atoms with Crippen LogP contribution >= 0.6 is 0 Å². The van der Waals surface area contributed by atoms with Crippen LogP contribution in [0.5, 0.6) is 17.4 Å². The molecule has 0 aliphatic heterocycles. The maximum Gasteiger partial charge on any atom is 0.390 e. The molecule has 38 heavy (non-hydrogen) atoms. The number of hydrogen-bond donors (Lipinski definition) is 2. The van der Waals surface area contributed by atoms with Gasteiger partial charge >= 0.3 is 6.18 Å². The van der Waals surface area contributed by atoms with Crippen molar-refractivity contribution in [3.63, 3.8) is 0 Å². The van der Waals surface area contributed by atoms with E-state index in [-0.39, 0.29) is 24.4 Å². The molecule has 1 amide bonds. The molecule has 1 aliphatic carbocycles. The molecule has 1 aliphatic rings. The van der Waals surface area contributed by atoms with E-state index >= 15 is 0 Å². The fraction of sp³-hybridized carbons (Fsp3) is 0.296. The minimum Gasteiger partial charge on any atom is -0.493 e. The normalized spacial score (nSPS) is 13.4. The van der Waals surface area contributed by atoms with Crippen molar-refractivity contribution in [1.82, 2.24) is 19.9 Å². The fourth-order valence-electron chi connectivity index (χ4n) is 4.05. The second kappa shape index (κ2) is 10.2. The van der Waals surface area contributed by atoms with Crippen LogP contribution in [0, 0.1) is 6.92 Å². The molecule has 2 heterocycles. The number of carbonyl (C=O) groups excluding carboxylic acids is 1. The van der Waals surface area contributed by atoms with Crippen molar-refractivity contribution in [1.29, 1.82) is 0 Å². The number of methoxy groups -OCH3 is 1. The molecule has 8 nitrogen and oxygen atoms in total. The number of ether oxygens (including phenoxy) is 2. The number of nitrogens with one attached hydrogen (secondary N) is 2. The number of fused-ring (bicyclic) bond motifs is 1. The molecule has 0 bridgehead atoms. The van der Waals surface area contributed by atoms with Crippen molar-refractivity contribution in [2.75, 3.05) is 19.0 Å². The topological polar surface area (TPSA) is 89.8 Å². The van der Waals surface area contributed by atoms with Crippen LogP contribution in [0.1, 0.15) is 35.2 Å². The maximum atomic E-state index is 12.8. The van der Waals surface area contributed by atoms with E-state index < -0.39 is 12.6 Å². The Hall–Kier alpha value is -4.28.